The third kappa shape index (κ3) is 3.93. The molecule has 1 aromatic heterocycles. The van der Waals surface area contributed by atoms with Crippen LogP contribution in [0.15, 0.2) is 30.5 Å². The van der Waals surface area contributed by atoms with Gasteiger partial charge in [-0.25, -0.2) is 4.79 Å². The predicted octanol–water partition coefficient (Wildman–Crippen LogP) is 3.80. The number of benzene rings is 1. The lowest BCUT2D eigenvalue weighted by molar-refractivity contribution is 0.0140. The summed E-state index contributed by atoms with van der Waals surface area (Å²) in [6.07, 6.45) is 2.33. The van der Waals surface area contributed by atoms with Gasteiger partial charge in [0.05, 0.1) is 12.1 Å². The number of H-pyrrole nitrogens is 1. The average Bonchev–Trinajstić information content (AvgIpc) is 2.96. The highest BCUT2D eigenvalue weighted by atomic mass is 16.6. The van der Waals surface area contributed by atoms with Crippen LogP contribution in [-0.4, -0.2) is 41.8 Å². The van der Waals surface area contributed by atoms with Crippen molar-refractivity contribution in [3.05, 3.63) is 30.5 Å². The third-order valence-corrected chi connectivity index (χ3v) is 3.76. The van der Waals surface area contributed by atoms with Gasteiger partial charge in [0, 0.05) is 18.6 Å². The van der Waals surface area contributed by atoms with Crippen molar-refractivity contribution in [3.63, 3.8) is 0 Å². The lowest BCUT2D eigenvalue weighted by Gasteiger charge is -2.27. The zero-order valence-corrected chi connectivity index (χ0v) is 13.7. The van der Waals surface area contributed by atoms with Gasteiger partial charge in [-0.15, -0.1) is 0 Å². The second-order valence-electron chi connectivity index (χ2n) is 5.95. The maximum absolute atomic E-state index is 12.0. The van der Waals surface area contributed by atoms with E-state index in [4.69, 9.17) is 9.47 Å². The maximum atomic E-state index is 12.0. The lowest BCUT2D eigenvalue weighted by Crippen LogP contribution is -2.37. The van der Waals surface area contributed by atoms with Crippen LogP contribution in [0.3, 0.4) is 0 Å². The molecule has 0 unspecified atom stereocenters. The van der Waals surface area contributed by atoms with Crippen molar-refractivity contribution >= 4 is 17.0 Å². The van der Waals surface area contributed by atoms with Gasteiger partial charge in [-0.1, -0.05) is 19.1 Å². The molecular weight excluding hydrogens is 280 g/mol. The normalized spacial score (nSPS) is 11.5. The van der Waals surface area contributed by atoms with E-state index in [1.807, 2.05) is 51.2 Å². The number of hydrogen-bond acceptors (Lipinski definition) is 3. The van der Waals surface area contributed by atoms with E-state index in [1.165, 1.54) is 4.90 Å². The van der Waals surface area contributed by atoms with Crippen LogP contribution in [-0.2, 0) is 4.74 Å². The highest BCUT2D eigenvalue weighted by Crippen LogP contribution is 2.23. The standard InChI is InChI=1S/C17H24N2O3/c1-5-17(2,3)22-16(20)19(4)11-12-21-14-8-6-7-13-9-10-18-15(13)14/h6-10,18H,5,11-12H2,1-4H3. The van der Waals surface area contributed by atoms with Crippen LogP contribution >= 0.6 is 0 Å². The van der Waals surface area contributed by atoms with E-state index in [2.05, 4.69) is 4.98 Å². The van der Waals surface area contributed by atoms with Crippen molar-refractivity contribution < 1.29 is 14.3 Å². The summed E-state index contributed by atoms with van der Waals surface area (Å²) >= 11 is 0. The molecule has 0 bridgehead atoms. The molecule has 1 aromatic carbocycles. The first kappa shape index (κ1) is 16.2. The van der Waals surface area contributed by atoms with E-state index in [-0.39, 0.29) is 6.09 Å². The number of carbonyl (C=O) groups is 1. The topological polar surface area (TPSA) is 54.6 Å². The van der Waals surface area contributed by atoms with E-state index in [9.17, 15) is 4.79 Å². The predicted molar refractivity (Wildman–Crippen MR) is 87.3 cm³/mol. The molecule has 0 aliphatic rings. The van der Waals surface area contributed by atoms with Crippen LogP contribution < -0.4 is 4.74 Å². The minimum Gasteiger partial charge on any atom is -0.490 e. The summed E-state index contributed by atoms with van der Waals surface area (Å²) in [6, 6.07) is 7.89. The highest BCUT2D eigenvalue weighted by molar-refractivity contribution is 5.85. The van der Waals surface area contributed by atoms with E-state index in [0.717, 1.165) is 23.1 Å². The summed E-state index contributed by atoms with van der Waals surface area (Å²) in [7, 11) is 1.71. The summed E-state index contributed by atoms with van der Waals surface area (Å²) in [5.74, 6) is 0.790. The summed E-state index contributed by atoms with van der Waals surface area (Å²) in [5.41, 5.74) is 0.530. The Kier molecular flexibility index (Phi) is 4.96. The summed E-state index contributed by atoms with van der Waals surface area (Å²) in [6.45, 7) is 6.68. The molecule has 120 valence electrons. The van der Waals surface area contributed by atoms with E-state index >= 15 is 0 Å². The molecule has 1 amide bonds. The molecular formula is C17H24N2O3. The van der Waals surface area contributed by atoms with Crippen LogP contribution in [0.5, 0.6) is 5.75 Å². The third-order valence-electron chi connectivity index (χ3n) is 3.76. The molecule has 0 saturated heterocycles. The van der Waals surface area contributed by atoms with Crippen molar-refractivity contribution in [2.75, 3.05) is 20.2 Å². The Bertz CT molecular complexity index is 634. The second kappa shape index (κ2) is 6.73. The van der Waals surface area contributed by atoms with Crippen LogP contribution in [0.1, 0.15) is 27.2 Å². The van der Waals surface area contributed by atoms with Crippen molar-refractivity contribution in [2.45, 2.75) is 32.8 Å². The smallest absolute Gasteiger partial charge is 0.410 e. The van der Waals surface area contributed by atoms with Crippen molar-refractivity contribution in [2.24, 2.45) is 0 Å². The highest BCUT2D eigenvalue weighted by Gasteiger charge is 2.22. The molecule has 5 heteroatoms. The fourth-order valence-corrected chi connectivity index (χ4v) is 1.95. The number of hydrogen-bond donors (Lipinski definition) is 1. The number of aromatic amines is 1. The fourth-order valence-electron chi connectivity index (χ4n) is 1.95. The molecule has 22 heavy (non-hydrogen) atoms. The fraction of sp³-hybridized carbons (Fsp3) is 0.471. The molecule has 0 spiro atoms. The van der Waals surface area contributed by atoms with Crippen LogP contribution in [0.25, 0.3) is 10.9 Å². The first-order valence-corrected chi connectivity index (χ1v) is 7.56. The molecule has 1 N–H and O–H groups in total. The molecule has 5 nitrogen and oxygen atoms in total. The van der Waals surface area contributed by atoms with Crippen LogP contribution in [0, 0.1) is 0 Å². The first-order chi connectivity index (χ1) is 10.4. The van der Waals surface area contributed by atoms with Gasteiger partial charge in [0.1, 0.15) is 18.0 Å². The monoisotopic (exact) mass is 304 g/mol. The number of rotatable bonds is 6. The second-order valence-corrected chi connectivity index (χ2v) is 5.95. The Morgan fingerprint density at radius 3 is 2.82 bits per heavy atom. The zero-order chi connectivity index (χ0) is 16.2. The van der Waals surface area contributed by atoms with Crippen LogP contribution in [0.2, 0.25) is 0 Å². The molecule has 0 aliphatic heterocycles. The first-order valence-electron chi connectivity index (χ1n) is 7.56. The van der Waals surface area contributed by atoms with Gasteiger partial charge < -0.3 is 19.4 Å². The number of nitrogens with zero attached hydrogens (tertiary/aromatic N) is 1. The number of para-hydroxylation sites is 1. The number of ether oxygens (including phenoxy) is 2. The molecule has 2 aromatic rings. The minimum absolute atomic E-state index is 0.325. The van der Waals surface area contributed by atoms with Gasteiger partial charge in [0.15, 0.2) is 0 Å². The molecule has 0 radical (unpaired) electrons. The van der Waals surface area contributed by atoms with Gasteiger partial charge in [0.25, 0.3) is 0 Å². The van der Waals surface area contributed by atoms with Gasteiger partial charge in [0.2, 0.25) is 0 Å². The van der Waals surface area contributed by atoms with Crippen molar-refractivity contribution in [3.8, 4) is 5.75 Å². The number of likely N-dealkylation sites (N-methyl/N-ethyl adjacent to an activating group) is 1. The van der Waals surface area contributed by atoms with E-state index in [1.54, 1.807) is 7.05 Å². The van der Waals surface area contributed by atoms with E-state index in [0.29, 0.717) is 13.2 Å². The minimum atomic E-state index is -0.442. The zero-order valence-electron chi connectivity index (χ0n) is 13.7. The van der Waals surface area contributed by atoms with Gasteiger partial charge >= 0.3 is 6.09 Å². The molecule has 2 rings (SSSR count). The molecule has 0 fully saturated rings. The number of fused-ring (bicyclic) bond motifs is 1. The Morgan fingerprint density at radius 1 is 1.32 bits per heavy atom. The summed E-state index contributed by atoms with van der Waals surface area (Å²) < 4.78 is 11.2. The molecule has 0 aliphatic carbocycles. The molecule has 0 saturated carbocycles. The number of amides is 1. The number of nitrogens with one attached hydrogen (secondary N) is 1. The Balaban J connectivity index is 1.85. The summed E-state index contributed by atoms with van der Waals surface area (Å²) in [4.78, 5) is 16.7. The quantitative estimate of drug-likeness (QED) is 0.883. The van der Waals surface area contributed by atoms with E-state index < -0.39 is 5.60 Å². The lowest BCUT2D eigenvalue weighted by atomic mass is 10.1. The van der Waals surface area contributed by atoms with Gasteiger partial charge in [-0.2, -0.15) is 0 Å². The number of aromatic nitrogens is 1. The van der Waals surface area contributed by atoms with Crippen molar-refractivity contribution in [1.82, 2.24) is 9.88 Å². The Hall–Kier alpha value is -2.17. The van der Waals surface area contributed by atoms with Gasteiger partial charge in [-0.3, -0.25) is 0 Å². The van der Waals surface area contributed by atoms with Crippen LogP contribution in [0.4, 0.5) is 4.79 Å². The summed E-state index contributed by atoms with van der Waals surface area (Å²) in [5, 5.41) is 1.11. The molecule has 0 atom stereocenters. The number of carbonyl (C=O) groups excluding carboxylic acids is 1. The Morgan fingerprint density at radius 2 is 2.09 bits per heavy atom. The molecule has 1 heterocycles. The largest absolute Gasteiger partial charge is 0.490 e. The van der Waals surface area contributed by atoms with Crippen molar-refractivity contribution in [1.29, 1.82) is 0 Å². The maximum Gasteiger partial charge on any atom is 0.410 e. The van der Waals surface area contributed by atoms with Gasteiger partial charge in [-0.05, 0) is 32.4 Å². The SMILES string of the molecule is CCC(C)(C)OC(=O)N(C)CCOc1cccc2cc[nH]c12. The average molecular weight is 304 g/mol. The Labute approximate surface area is 131 Å².